The Morgan fingerprint density at radius 1 is 1.28 bits per heavy atom. The number of benzene rings is 1. The van der Waals surface area contributed by atoms with Gasteiger partial charge >= 0.3 is 0 Å². The van der Waals surface area contributed by atoms with Gasteiger partial charge in [0.25, 0.3) is 0 Å². The maximum atomic E-state index is 5.77. The molecule has 1 rings (SSSR count). The highest BCUT2D eigenvalue weighted by Crippen LogP contribution is 2.23. The van der Waals surface area contributed by atoms with Gasteiger partial charge in [-0.05, 0) is 38.0 Å². The van der Waals surface area contributed by atoms with Gasteiger partial charge in [-0.3, -0.25) is 0 Å². The molecule has 0 aliphatic heterocycles. The Hall–Kier alpha value is -0.540. The third kappa shape index (κ3) is 5.40. The predicted octanol–water partition coefficient (Wildman–Crippen LogP) is 4.52. The van der Waals surface area contributed by atoms with E-state index in [0.29, 0.717) is 6.04 Å². The van der Waals surface area contributed by atoms with Crippen molar-refractivity contribution in [2.24, 2.45) is 0 Å². The van der Waals surface area contributed by atoms with Crippen LogP contribution in [0.15, 0.2) is 22.7 Å². The first kappa shape index (κ1) is 15.5. The summed E-state index contributed by atoms with van der Waals surface area (Å²) in [4.78, 5) is 0. The highest BCUT2D eigenvalue weighted by Gasteiger charge is 2.06. The molecule has 18 heavy (non-hydrogen) atoms. The van der Waals surface area contributed by atoms with Gasteiger partial charge in [-0.2, -0.15) is 0 Å². The Kier molecular flexibility index (Phi) is 7.36. The van der Waals surface area contributed by atoms with Gasteiger partial charge < -0.3 is 10.1 Å². The molecule has 0 aliphatic carbocycles. The highest BCUT2D eigenvalue weighted by molar-refractivity contribution is 9.10. The van der Waals surface area contributed by atoms with Gasteiger partial charge in [0.15, 0.2) is 0 Å². The van der Waals surface area contributed by atoms with Crippen LogP contribution in [0.5, 0.6) is 5.75 Å². The largest absolute Gasteiger partial charge is 0.493 e. The van der Waals surface area contributed by atoms with Crippen molar-refractivity contribution in [3.05, 3.63) is 28.2 Å². The molecular formula is C15H24BrNO. The van der Waals surface area contributed by atoms with E-state index in [1.54, 1.807) is 0 Å². The van der Waals surface area contributed by atoms with Gasteiger partial charge in [0.2, 0.25) is 0 Å². The average Bonchev–Trinajstić information content (AvgIpc) is 2.35. The molecule has 102 valence electrons. The van der Waals surface area contributed by atoms with Crippen molar-refractivity contribution in [3.63, 3.8) is 0 Å². The Morgan fingerprint density at radius 2 is 2.06 bits per heavy atom. The zero-order valence-electron chi connectivity index (χ0n) is 11.6. The number of hydrogen-bond donors (Lipinski definition) is 1. The van der Waals surface area contributed by atoms with E-state index in [-0.39, 0.29) is 0 Å². The molecule has 0 fully saturated rings. The molecule has 0 aromatic heterocycles. The number of nitrogens with one attached hydrogen (secondary N) is 1. The van der Waals surface area contributed by atoms with E-state index in [9.17, 15) is 0 Å². The summed E-state index contributed by atoms with van der Waals surface area (Å²) in [5.41, 5.74) is 1.22. The molecular weight excluding hydrogens is 290 g/mol. The maximum absolute atomic E-state index is 5.77. The van der Waals surface area contributed by atoms with Gasteiger partial charge in [-0.25, -0.2) is 0 Å². The van der Waals surface area contributed by atoms with E-state index >= 15 is 0 Å². The zero-order valence-corrected chi connectivity index (χ0v) is 13.2. The molecule has 0 amide bonds. The van der Waals surface area contributed by atoms with Crippen molar-refractivity contribution in [1.29, 1.82) is 0 Å². The first-order valence-corrected chi connectivity index (χ1v) is 7.61. The minimum Gasteiger partial charge on any atom is -0.493 e. The first-order valence-electron chi connectivity index (χ1n) is 6.82. The number of hydrogen-bond acceptors (Lipinski definition) is 2. The number of rotatable bonds is 8. The Bertz CT molecular complexity index is 354. The molecule has 1 unspecified atom stereocenters. The molecule has 0 heterocycles. The van der Waals surface area contributed by atoms with Crippen molar-refractivity contribution < 1.29 is 4.74 Å². The number of halogens is 1. The third-order valence-electron chi connectivity index (χ3n) is 2.85. The van der Waals surface area contributed by atoms with Crippen LogP contribution in [0.3, 0.4) is 0 Å². The van der Waals surface area contributed by atoms with Crippen LogP contribution >= 0.6 is 15.9 Å². The average molecular weight is 314 g/mol. The summed E-state index contributed by atoms with van der Waals surface area (Å²) in [5, 5.41) is 3.54. The van der Waals surface area contributed by atoms with Crippen LogP contribution in [0.25, 0.3) is 0 Å². The minimum atomic E-state index is 0.549. The third-order valence-corrected chi connectivity index (χ3v) is 3.34. The van der Waals surface area contributed by atoms with Crippen LogP contribution in [0.1, 0.15) is 45.6 Å². The fourth-order valence-electron chi connectivity index (χ4n) is 1.86. The lowest BCUT2D eigenvalue weighted by Crippen LogP contribution is -2.25. The summed E-state index contributed by atoms with van der Waals surface area (Å²) in [6.07, 6.45) is 3.46. The SMILES string of the molecule is CCCOc1ccc(Br)cc1CNC(C)CCC. The molecule has 0 saturated heterocycles. The van der Waals surface area contributed by atoms with Crippen molar-refractivity contribution in [2.45, 2.75) is 52.6 Å². The molecule has 3 heteroatoms. The molecule has 1 aromatic carbocycles. The first-order chi connectivity index (χ1) is 8.67. The monoisotopic (exact) mass is 313 g/mol. The summed E-state index contributed by atoms with van der Waals surface area (Å²) >= 11 is 3.52. The summed E-state index contributed by atoms with van der Waals surface area (Å²) in [7, 11) is 0. The summed E-state index contributed by atoms with van der Waals surface area (Å²) < 4.78 is 6.88. The van der Waals surface area contributed by atoms with Crippen LogP contribution in [0.4, 0.5) is 0 Å². The molecule has 1 N–H and O–H groups in total. The van der Waals surface area contributed by atoms with Crippen molar-refractivity contribution in [3.8, 4) is 5.75 Å². The summed E-state index contributed by atoms with van der Waals surface area (Å²) in [5.74, 6) is 0.997. The topological polar surface area (TPSA) is 21.3 Å². The van der Waals surface area contributed by atoms with Gasteiger partial charge in [0, 0.05) is 22.6 Å². The molecule has 2 nitrogen and oxygen atoms in total. The minimum absolute atomic E-state index is 0.549. The second-order valence-corrected chi connectivity index (χ2v) is 5.59. The standard InChI is InChI=1S/C15H24BrNO/c1-4-6-12(3)17-11-13-10-14(16)7-8-15(13)18-9-5-2/h7-8,10,12,17H,4-6,9,11H2,1-3H3. The second-order valence-electron chi connectivity index (χ2n) is 4.67. The molecule has 1 atom stereocenters. The van der Waals surface area contributed by atoms with Crippen molar-refractivity contribution in [2.75, 3.05) is 6.61 Å². The quantitative estimate of drug-likeness (QED) is 0.762. The fraction of sp³-hybridized carbons (Fsp3) is 0.600. The van der Waals surface area contributed by atoms with Crippen molar-refractivity contribution in [1.82, 2.24) is 5.32 Å². The van der Waals surface area contributed by atoms with E-state index in [0.717, 1.165) is 29.8 Å². The predicted molar refractivity (Wildman–Crippen MR) is 81.1 cm³/mol. The molecule has 0 spiro atoms. The van der Waals surface area contributed by atoms with E-state index in [2.05, 4.69) is 48.1 Å². The van der Waals surface area contributed by atoms with E-state index in [1.165, 1.54) is 18.4 Å². The maximum Gasteiger partial charge on any atom is 0.123 e. The van der Waals surface area contributed by atoms with Crippen LogP contribution in [-0.2, 0) is 6.54 Å². The smallest absolute Gasteiger partial charge is 0.123 e. The number of ether oxygens (including phenoxy) is 1. The van der Waals surface area contributed by atoms with Crippen LogP contribution < -0.4 is 10.1 Å². The molecule has 0 saturated carbocycles. The van der Waals surface area contributed by atoms with Gasteiger partial charge in [0.1, 0.15) is 5.75 Å². The summed E-state index contributed by atoms with van der Waals surface area (Å²) in [6, 6.07) is 6.76. The van der Waals surface area contributed by atoms with Gasteiger partial charge in [-0.15, -0.1) is 0 Å². The van der Waals surface area contributed by atoms with Crippen LogP contribution in [-0.4, -0.2) is 12.6 Å². The molecule has 1 aromatic rings. The Balaban J connectivity index is 2.63. The lowest BCUT2D eigenvalue weighted by Gasteiger charge is -2.16. The Morgan fingerprint density at radius 3 is 2.72 bits per heavy atom. The molecule has 0 aliphatic rings. The lowest BCUT2D eigenvalue weighted by atomic mass is 10.1. The van der Waals surface area contributed by atoms with Crippen LogP contribution in [0, 0.1) is 0 Å². The summed E-state index contributed by atoms with van der Waals surface area (Å²) in [6.45, 7) is 8.21. The fourth-order valence-corrected chi connectivity index (χ4v) is 2.27. The second kappa shape index (κ2) is 8.54. The van der Waals surface area contributed by atoms with Gasteiger partial charge in [-0.1, -0.05) is 36.2 Å². The van der Waals surface area contributed by atoms with E-state index in [1.807, 2.05) is 12.1 Å². The van der Waals surface area contributed by atoms with E-state index in [4.69, 9.17) is 4.74 Å². The highest BCUT2D eigenvalue weighted by atomic mass is 79.9. The van der Waals surface area contributed by atoms with Crippen molar-refractivity contribution >= 4 is 15.9 Å². The molecule has 0 bridgehead atoms. The normalized spacial score (nSPS) is 12.4. The Labute approximate surface area is 119 Å². The van der Waals surface area contributed by atoms with Crippen LogP contribution in [0.2, 0.25) is 0 Å². The van der Waals surface area contributed by atoms with E-state index < -0.39 is 0 Å². The molecule has 0 radical (unpaired) electrons. The zero-order chi connectivity index (χ0) is 13.4. The van der Waals surface area contributed by atoms with Gasteiger partial charge in [0.05, 0.1) is 6.61 Å². The lowest BCUT2D eigenvalue weighted by molar-refractivity contribution is 0.312.